The smallest absolute Gasteiger partial charge is 0.352 e. The third-order valence-electron chi connectivity index (χ3n) is 2.95. The van der Waals surface area contributed by atoms with E-state index in [0.29, 0.717) is 18.0 Å². The van der Waals surface area contributed by atoms with Crippen molar-refractivity contribution in [2.45, 2.75) is 13.5 Å². The maximum absolute atomic E-state index is 11.2. The molecular weight excluding hydrogens is 234 g/mol. The first-order valence-corrected chi connectivity index (χ1v) is 5.61. The number of methoxy groups -OCH3 is 2. The third-order valence-corrected chi connectivity index (χ3v) is 2.95. The fraction of sp³-hybridized carbons (Fsp3) is 0.308. The van der Waals surface area contributed by atoms with E-state index >= 15 is 0 Å². The Morgan fingerprint density at radius 3 is 2.50 bits per heavy atom. The van der Waals surface area contributed by atoms with Crippen LogP contribution in [0.3, 0.4) is 0 Å². The van der Waals surface area contributed by atoms with Crippen molar-refractivity contribution in [2.24, 2.45) is 0 Å². The van der Waals surface area contributed by atoms with Crippen LogP contribution in [0.4, 0.5) is 0 Å². The molecule has 0 aliphatic carbocycles. The maximum atomic E-state index is 11.2. The number of aromatic nitrogens is 1. The van der Waals surface area contributed by atoms with Gasteiger partial charge in [0.15, 0.2) is 0 Å². The number of fused-ring (bicyclic) bond motifs is 1. The number of hydrogen-bond donors (Lipinski definition) is 1. The highest BCUT2D eigenvalue weighted by atomic mass is 16.5. The number of nitrogens with zero attached hydrogens (tertiary/aromatic N) is 1. The summed E-state index contributed by atoms with van der Waals surface area (Å²) < 4.78 is 12.2. The van der Waals surface area contributed by atoms with Crippen LogP contribution in [0.2, 0.25) is 0 Å². The number of carbonyl (C=O) groups is 1. The van der Waals surface area contributed by atoms with E-state index in [1.54, 1.807) is 30.9 Å². The molecule has 2 rings (SSSR count). The largest absolute Gasteiger partial charge is 0.497 e. The molecule has 0 aliphatic rings. The van der Waals surface area contributed by atoms with Crippen LogP contribution >= 0.6 is 0 Å². The van der Waals surface area contributed by atoms with Crippen LogP contribution in [-0.2, 0) is 6.54 Å². The fourth-order valence-electron chi connectivity index (χ4n) is 2.10. The van der Waals surface area contributed by atoms with Gasteiger partial charge in [-0.1, -0.05) is 0 Å². The topological polar surface area (TPSA) is 60.7 Å². The number of aryl methyl sites for hydroxylation is 1. The van der Waals surface area contributed by atoms with Gasteiger partial charge in [-0.05, 0) is 13.0 Å². The standard InChI is InChI=1S/C13H15NO4/c1-4-14-10-5-8(17-2)6-12(18-3)9(10)7-11(14)13(15)16/h5-7H,4H2,1-3H3,(H,15,16). The zero-order chi connectivity index (χ0) is 13.3. The Morgan fingerprint density at radius 2 is 2.00 bits per heavy atom. The Kier molecular flexibility index (Phi) is 3.14. The van der Waals surface area contributed by atoms with Gasteiger partial charge in [-0.25, -0.2) is 4.79 Å². The van der Waals surface area contributed by atoms with E-state index in [1.807, 2.05) is 13.0 Å². The molecule has 0 atom stereocenters. The number of benzene rings is 1. The van der Waals surface area contributed by atoms with E-state index in [4.69, 9.17) is 9.47 Å². The van der Waals surface area contributed by atoms with E-state index in [-0.39, 0.29) is 5.69 Å². The van der Waals surface area contributed by atoms with Crippen molar-refractivity contribution >= 4 is 16.9 Å². The molecule has 1 aromatic carbocycles. The van der Waals surface area contributed by atoms with E-state index in [0.717, 1.165) is 10.9 Å². The number of carboxylic acids is 1. The normalized spacial score (nSPS) is 10.6. The number of rotatable bonds is 4. The summed E-state index contributed by atoms with van der Waals surface area (Å²) in [7, 11) is 3.12. The Labute approximate surface area is 105 Å². The van der Waals surface area contributed by atoms with Crippen molar-refractivity contribution < 1.29 is 19.4 Å². The zero-order valence-corrected chi connectivity index (χ0v) is 10.6. The van der Waals surface area contributed by atoms with E-state index < -0.39 is 5.97 Å². The minimum atomic E-state index is -0.950. The van der Waals surface area contributed by atoms with Gasteiger partial charge in [0.25, 0.3) is 0 Å². The first-order valence-electron chi connectivity index (χ1n) is 5.61. The molecule has 5 heteroatoms. The quantitative estimate of drug-likeness (QED) is 0.903. The molecule has 2 aromatic rings. The molecule has 5 nitrogen and oxygen atoms in total. The molecule has 0 unspecified atom stereocenters. The SMILES string of the molecule is CCn1c(C(=O)O)cc2c(OC)cc(OC)cc21. The second-order valence-electron chi connectivity index (χ2n) is 3.84. The van der Waals surface area contributed by atoms with Crippen LogP contribution in [-0.4, -0.2) is 29.9 Å². The Hall–Kier alpha value is -2.17. The lowest BCUT2D eigenvalue weighted by molar-refractivity contribution is 0.0686. The number of hydrogen-bond acceptors (Lipinski definition) is 3. The Balaban J connectivity index is 2.82. The summed E-state index contributed by atoms with van der Waals surface area (Å²) in [6, 6.07) is 5.18. The number of ether oxygens (including phenoxy) is 2. The highest BCUT2D eigenvalue weighted by Gasteiger charge is 2.17. The number of aromatic carboxylic acids is 1. The lowest BCUT2D eigenvalue weighted by atomic mass is 10.2. The third kappa shape index (κ3) is 1.77. The summed E-state index contributed by atoms with van der Waals surface area (Å²) in [5, 5.41) is 9.97. The first-order chi connectivity index (χ1) is 8.62. The molecule has 18 heavy (non-hydrogen) atoms. The lowest BCUT2D eigenvalue weighted by Gasteiger charge is -2.08. The highest BCUT2D eigenvalue weighted by molar-refractivity contribution is 5.97. The van der Waals surface area contributed by atoms with E-state index in [2.05, 4.69) is 0 Å². The highest BCUT2D eigenvalue weighted by Crippen LogP contribution is 2.33. The van der Waals surface area contributed by atoms with Gasteiger partial charge in [-0.15, -0.1) is 0 Å². The van der Waals surface area contributed by atoms with Crippen molar-refractivity contribution in [3.8, 4) is 11.5 Å². The number of carboxylic acid groups (broad SMARTS) is 1. The monoisotopic (exact) mass is 249 g/mol. The maximum Gasteiger partial charge on any atom is 0.352 e. The molecule has 0 fully saturated rings. The van der Waals surface area contributed by atoms with Gasteiger partial charge in [0.1, 0.15) is 17.2 Å². The average molecular weight is 249 g/mol. The molecule has 1 heterocycles. The predicted octanol–water partition coefficient (Wildman–Crippen LogP) is 2.38. The van der Waals surface area contributed by atoms with Gasteiger partial charge in [0.05, 0.1) is 19.7 Å². The van der Waals surface area contributed by atoms with E-state index in [9.17, 15) is 9.90 Å². The summed E-state index contributed by atoms with van der Waals surface area (Å²) >= 11 is 0. The molecular formula is C13H15NO4. The second kappa shape index (κ2) is 4.60. The van der Waals surface area contributed by atoms with Crippen LogP contribution in [0.25, 0.3) is 10.9 Å². The van der Waals surface area contributed by atoms with Crippen molar-refractivity contribution in [3.05, 3.63) is 23.9 Å². The van der Waals surface area contributed by atoms with Gasteiger partial charge in [0.2, 0.25) is 0 Å². The molecule has 0 amide bonds. The molecule has 0 radical (unpaired) electrons. The van der Waals surface area contributed by atoms with Gasteiger partial charge in [-0.2, -0.15) is 0 Å². The van der Waals surface area contributed by atoms with Crippen LogP contribution in [0.15, 0.2) is 18.2 Å². The Morgan fingerprint density at radius 1 is 1.28 bits per heavy atom. The van der Waals surface area contributed by atoms with Gasteiger partial charge >= 0.3 is 5.97 Å². The van der Waals surface area contributed by atoms with Crippen molar-refractivity contribution in [2.75, 3.05) is 14.2 Å². The molecule has 0 aliphatic heterocycles. The minimum Gasteiger partial charge on any atom is -0.497 e. The summed E-state index contributed by atoms with van der Waals surface area (Å²) in [6.07, 6.45) is 0. The van der Waals surface area contributed by atoms with Crippen molar-refractivity contribution in [3.63, 3.8) is 0 Å². The molecule has 0 spiro atoms. The average Bonchev–Trinajstić information content (AvgIpc) is 2.75. The minimum absolute atomic E-state index is 0.249. The Bertz CT molecular complexity index is 601. The molecule has 0 saturated heterocycles. The summed E-state index contributed by atoms with van der Waals surface area (Å²) in [6.45, 7) is 2.47. The first kappa shape index (κ1) is 12.3. The zero-order valence-electron chi connectivity index (χ0n) is 10.6. The predicted molar refractivity (Wildman–Crippen MR) is 67.7 cm³/mol. The van der Waals surface area contributed by atoms with Crippen LogP contribution in [0, 0.1) is 0 Å². The molecule has 0 saturated carbocycles. The van der Waals surface area contributed by atoms with Gasteiger partial charge in [0, 0.05) is 24.1 Å². The van der Waals surface area contributed by atoms with Crippen molar-refractivity contribution in [1.82, 2.24) is 4.57 Å². The summed E-state index contributed by atoms with van der Waals surface area (Å²) in [4.78, 5) is 11.2. The van der Waals surface area contributed by atoms with Crippen LogP contribution < -0.4 is 9.47 Å². The summed E-state index contributed by atoms with van der Waals surface area (Å²) in [5.41, 5.74) is 1.05. The molecule has 1 aromatic heterocycles. The molecule has 96 valence electrons. The van der Waals surface area contributed by atoms with Crippen LogP contribution in [0.5, 0.6) is 11.5 Å². The second-order valence-corrected chi connectivity index (χ2v) is 3.84. The summed E-state index contributed by atoms with van der Waals surface area (Å²) in [5.74, 6) is 0.303. The lowest BCUT2D eigenvalue weighted by Crippen LogP contribution is -2.06. The molecule has 1 N–H and O–H groups in total. The van der Waals surface area contributed by atoms with Gasteiger partial charge in [-0.3, -0.25) is 0 Å². The van der Waals surface area contributed by atoms with Gasteiger partial charge < -0.3 is 19.1 Å². The van der Waals surface area contributed by atoms with Crippen molar-refractivity contribution in [1.29, 1.82) is 0 Å². The van der Waals surface area contributed by atoms with Crippen LogP contribution in [0.1, 0.15) is 17.4 Å². The molecule has 0 bridgehead atoms. The fourth-order valence-corrected chi connectivity index (χ4v) is 2.10. The van der Waals surface area contributed by atoms with E-state index in [1.165, 1.54) is 0 Å².